The second-order valence-corrected chi connectivity index (χ2v) is 7.30. The number of carbonyl (C=O) groups is 1. The molecule has 1 aromatic heterocycles. The monoisotopic (exact) mass is 396 g/mol. The first-order valence-corrected chi connectivity index (χ1v) is 9.88. The first kappa shape index (κ1) is 19.9. The van der Waals surface area contributed by atoms with Gasteiger partial charge in [0.2, 0.25) is 5.91 Å². The highest BCUT2D eigenvalue weighted by Crippen LogP contribution is 2.20. The maximum Gasteiger partial charge on any atom is 0.230 e. The highest BCUT2D eigenvalue weighted by atomic mass is 32.2. The molecule has 1 N–H and O–H groups in total. The number of hydrogen-bond acceptors (Lipinski definition) is 4. The van der Waals surface area contributed by atoms with Crippen molar-refractivity contribution in [1.29, 1.82) is 0 Å². The average molecular weight is 396 g/mol. The van der Waals surface area contributed by atoms with Crippen LogP contribution < -0.4 is 10.1 Å². The number of pyridine rings is 1. The van der Waals surface area contributed by atoms with Gasteiger partial charge in [-0.05, 0) is 55.0 Å². The predicted octanol–water partition coefficient (Wildman–Crippen LogP) is 4.77. The standard InChI is InChI=1S/C22H21FN2O2S/c1-16(25-22(26)15-28-21-10-6-19(23)7-11-21)18-4-8-20(9-5-18)27-14-17-3-2-12-24-13-17/h2-13,16H,14-15H2,1H3,(H,25,26). The van der Waals surface area contributed by atoms with Gasteiger partial charge in [-0.25, -0.2) is 4.39 Å². The molecule has 0 aliphatic rings. The molecule has 0 spiro atoms. The van der Waals surface area contributed by atoms with Crippen molar-refractivity contribution < 1.29 is 13.9 Å². The largest absolute Gasteiger partial charge is 0.489 e. The van der Waals surface area contributed by atoms with Gasteiger partial charge in [-0.1, -0.05) is 18.2 Å². The third kappa shape index (κ3) is 6.09. The summed E-state index contributed by atoms with van der Waals surface area (Å²) < 4.78 is 18.7. The number of amides is 1. The molecule has 0 bridgehead atoms. The quantitative estimate of drug-likeness (QED) is 0.557. The van der Waals surface area contributed by atoms with E-state index in [-0.39, 0.29) is 23.5 Å². The van der Waals surface area contributed by atoms with E-state index in [9.17, 15) is 9.18 Å². The van der Waals surface area contributed by atoms with Gasteiger partial charge in [-0.3, -0.25) is 9.78 Å². The molecule has 1 heterocycles. The molecule has 3 aromatic rings. The molecule has 1 amide bonds. The molecule has 1 atom stereocenters. The second-order valence-electron chi connectivity index (χ2n) is 6.25. The molecule has 0 saturated heterocycles. The number of rotatable bonds is 8. The predicted molar refractivity (Wildman–Crippen MR) is 109 cm³/mol. The number of hydrogen-bond donors (Lipinski definition) is 1. The average Bonchev–Trinajstić information content (AvgIpc) is 2.73. The van der Waals surface area contributed by atoms with E-state index in [0.717, 1.165) is 21.8 Å². The highest BCUT2D eigenvalue weighted by Gasteiger charge is 2.10. The normalized spacial score (nSPS) is 11.6. The summed E-state index contributed by atoms with van der Waals surface area (Å²) in [5, 5.41) is 2.97. The third-order valence-corrected chi connectivity index (χ3v) is 5.08. The lowest BCUT2D eigenvalue weighted by atomic mass is 10.1. The number of thioether (sulfide) groups is 1. The minimum atomic E-state index is -0.282. The number of ether oxygens (including phenoxy) is 1. The van der Waals surface area contributed by atoms with Crippen molar-refractivity contribution in [3.05, 3.63) is 90.0 Å². The minimum Gasteiger partial charge on any atom is -0.489 e. The molecule has 0 fully saturated rings. The summed E-state index contributed by atoms with van der Waals surface area (Å²) in [5.41, 5.74) is 2.00. The van der Waals surface area contributed by atoms with Crippen LogP contribution in [0.15, 0.2) is 78.0 Å². The fourth-order valence-electron chi connectivity index (χ4n) is 2.55. The van der Waals surface area contributed by atoms with Crippen LogP contribution >= 0.6 is 11.8 Å². The Kier molecular flexibility index (Phi) is 7.03. The molecular weight excluding hydrogens is 375 g/mol. The molecule has 28 heavy (non-hydrogen) atoms. The first-order valence-electron chi connectivity index (χ1n) is 8.89. The molecule has 4 nitrogen and oxygen atoms in total. The summed E-state index contributed by atoms with van der Waals surface area (Å²) in [5.74, 6) is 0.689. The van der Waals surface area contributed by atoms with Gasteiger partial charge in [0.05, 0.1) is 11.8 Å². The van der Waals surface area contributed by atoms with Crippen LogP contribution in [-0.4, -0.2) is 16.6 Å². The van der Waals surface area contributed by atoms with E-state index in [1.165, 1.54) is 23.9 Å². The number of nitrogens with one attached hydrogen (secondary N) is 1. The Labute approximate surface area is 168 Å². The zero-order valence-electron chi connectivity index (χ0n) is 15.5. The number of benzene rings is 2. The lowest BCUT2D eigenvalue weighted by Gasteiger charge is -2.15. The summed E-state index contributed by atoms with van der Waals surface area (Å²) >= 11 is 1.38. The molecular formula is C22H21FN2O2S. The lowest BCUT2D eigenvalue weighted by Crippen LogP contribution is -2.28. The van der Waals surface area contributed by atoms with Crippen molar-refractivity contribution >= 4 is 17.7 Å². The Morgan fingerprint density at radius 2 is 1.89 bits per heavy atom. The molecule has 1 unspecified atom stereocenters. The molecule has 0 aliphatic carbocycles. The molecule has 144 valence electrons. The van der Waals surface area contributed by atoms with Crippen molar-refractivity contribution in [2.45, 2.75) is 24.5 Å². The van der Waals surface area contributed by atoms with Gasteiger partial charge in [0, 0.05) is 22.9 Å². The van der Waals surface area contributed by atoms with Gasteiger partial charge in [0.25, 0.3) is 0 Å². The topological polar surface area (TPSA) is 51.2 Å². The van der Waals surface area contributed by atoms with Crippen LogP contribution in [0.1, 0.15) is 24.1 Å². The Bertz CT molecular complexity index is 887. The van der Waals surface area contributed by atoms with Gasteiger partial charge in [-0.15, -0.1) is 11.8 Å². The van der Waals surface area contributed by atoms with E-state index in [1.807, 2.05) is 43.3 Å². The molecule has 0 aliphatic heterocycles. The molecule has 2 aromatic carbocycles. The van der Waals surface area contributed by atoms with Crippen molar-refractivity contribution in [2.75, 3.05) is 5.75 Å². The van der Waals surface area contributed by atoms with Crippen LogP contribution in [0.4, 0.5) is 4.39 Å². The van der Waals surface area contributed by atoms with E-state index in [1.54, 1.807) is 24.5 Å². The summed E-state index contributed by atoms with van der Waals surface area (Å²) in [4.78, 5) is 17.1. The summed E-state index contributed by atoms with van der Waals surface area (Å²) in [6.45, 7) is 2.39. The van der Waals surface area contributed by atoms with Crippen molar-refractivity contribution in [2.24, 2.45) is 0 Å². The van der Waals surface area contributed by atoms with Crippen molar-refractivity contribution in [3.8, 4) is 5.75 Å². The molecule has 3 rings (SSSR count). The van der Waals surface area contributed by atoms with Crippen LogP contribution in [0, 0.1) is 5.82 Å². The number of nitrogens with zero attached hydrogens (tertiary/aromatic N) is 1. The Morgan fingerprint density at radius 1 is 1.14 bits per heavy atom. The maximum atomic E-state index is 12.9. The van der Waals surface area contributed by atoms with E-state index in [4.69, 9.17) is 4.74 Å². The molecule has 6 heteroatoms. The molecule has 0 saturated carbocycles. The van der Waals surface area contributed by atoms with Gasteiger partial charge < -0.3 is 10.1 Å². The zero-order chi connectivity index (χ0) is 19.8. The summed E-state index contributed by atoms with van der Waals surface area (Å²) in [6.07, 6.45) is 3.50. The Balaban J connectivity index is 1.46. The maximum absolute atomic E-state index is 12.9. The number of halogens is 1. The highest BCUT2D eigenvalue weighted by molar-refractivity contribution is 8.00. The van der Waals surface area contributed by atoms with E-state index in [0.29, 0.717) is 6.61 Å². The summed E-state index contributed by atoms with van der Waals surface area (Å²) in [7, 11) is 0. The zero-order valence-corrected chi connectivity index (χ0v) is 16.3. The van der Waals surface area contributed by atoms with E-state index >= 15 is 0 Å². The summed E-state index contributed by atoms with van der Waals surface area (Å²) in [6, 6.07) is 17.5. The molecule has 0 radical (unpaired) electrons. The fraction of sp³-hybridized carbons (Fsp3) is 0.182. The lowest BCUT2D eigenvalue weighted by molar-refractivity contribution is -0.119. The third-order valence-electron chi connectivity index (χ3n) is 4.07. The second kappa shape index (κ2) is 9.90. The SMILES string of the molecule is CC(NC(=O)CSc1ccc(F)cc1)c1ccc(OCc2cccnc2)cc1. The van der Waals surface area contributed by atoms with Gasteiger partial charge >= 0.3 is 0 Å². The number of carbonyl (C=O) groups excluding carboxylic acids is 1. The fourth-order valence-corrected chi connectivity index (χ4v) is 3.26. The van der Waals surface area contributed by atoms with Gasteiger partial charge in [-0.2, -0.15) is 0 Å². The van der Waals surface area contributed by atoms with Gasteiger partial charge in [0.15, 0.2) is 0 Å². The van der Waals surface area contributed by atoms with Crippen LogP contribution in [0.2, 0.25) is 0 Å². The van der Waals surface area contributed by atoms with Crippen LogP contribution in [0.5, 0.6) is 5.75 Å². The van der Waals surface area contributed by atoms with Gasteiger partial charge in [0.1, 0.15) is 18.2 Å². The van der Waals surface area contributed by atoms with Crippen LogP contribution in [0.25, 0.3) is 0 Å². The first-order chi connectivity index (χ1) is 13.6. The van der Waals surface area contributed by atoms with E-state index in [2.05, 4.69) is 10.3 Å². The Hall–Kier alpha value is -2.86. The minimum absolute atomic E-state index is 0.0706. The van der Waals surface area contributed by atoms with Crippen LogP contribution in [-0.2, 0) is 11.4 Å². The smallest absolute Gasteiger partial charge is 0.230 e. The van der Waals surface area contributed by atoms with Crippen molar-refractivity contribution in [3.63, 3.8) is 0 Å². The van der Waals surface area contributed by atoms with E-state index < -0.39 is 0 Å². The number of aromatic nitrogens is 1. The van der Waals surface area contributed by atoms with Crippen LogP contribution in [0.3, 0.4) is 0 Å². The Morgan fingerprint density at radius 3 is 2.57 bits per heavy atom. The van der Waals surface area contributed by atoms with Crippen molar-refractivity contribution in [1.82, 2.24) is 10.3 Å².